The lowest BCUT2D eigenvalue weighted by atomic mass is 9.64. The van der Waals surface area contributed by atoms with Gasteiger partial charge in [-0.2, -0.15) is 0 Å². The molecule has 0 radical (unpaired) electrons. The number of hydrogen-bond donors (Lipinski definition) is 0. The van der Waals surface area contributed by atoms with Gasteiger partial charge in [0.15, 0.2) is 0 Å². The third-order valence-corrected chi connectivity index (χ3v) is 11.0. The largest absolute Gasteiger partial charge is 0.364 e. The zero-order valence-electron chi connectivity index (χ0n) is 16.6. The second kappa shape index (κ2) is 6.32. The Labute approximate surface area is 162 Å². The highest BCUT2D eigenvalue weighted by Crippen LogP contribution is 2.59. The fraction of sp³-hybridized carbons (Fsp3) is 1.00. The highest BCUT2D eigenvalue weighted by atomic mass is 32.2. The predicted octanol–water partition coefficient (Wildman–Crippen LogP) is 6.09. The molecule has 2 saturated carbocycles. The molecule has 2 nitrogen and oxygen atoms in total. The molecule has 2 heterocycles. The van der Waals surface area contributed by atoms with Crippen LogP contribution in [0, 0.1) is 16.2 Å². The Balaban J connectivity index is 1.32. The second-order valence-electron chi connectivity index (χ2n) is 10.8. The van der Waals surface area contributed by atoms with E-state index in [1.807, 2.05) is 0 Å². The van der Waals surface area contributed by atoms with Crippen molar-refractivity contribution in [3.63, 3.8) is 0 Å². The lowest BCUT2D eigenvalue weighted by molar-refractivity contribution is -0.0948. The summed E-state index contributed by atoms with van der Waals surface area (Å²) in [6.07, 6.45) is 10.5. The summed E-state index contributed by atoms with van der Waals surface area (Å²) >= 11 is 4.22. The van der Waals surface area contributed by atoms with Crippen LogP contribution in [0.4, 0.5) is 0 Å². The van der Waals surface area contributed by atoms with Crippen LogP contribution in [0.2, 0.25) is 0 Å². The molecule has 3 spiro atoms. The molecule has 0 amide bonds. The van der Waals surface area contributed by atoms with Gasteiger partial charge >= 0.3 is 0 Å². The van der Waals surface area contributed by atoms with Crippen LogP contribution in [0.1, 0.15) is 79.1 Å². The molecular weight excluding hydrogens is 348 g/mol. The Hall–Kier alpha value is 0.620. The van der Waals surface area contributed by atoms with Gasteiger partial charge in [0, 0.05) is 11.5 Å². The van der Waals surface area contributed by atoms with Crippen LogP contribution in [0.25, 0.3) is 0 Å². The summed E-state index contributed by atoms with van der Waals surface area (Å²) in [5.41, 5.74) is 1.29. The molecule has 2 saturated heterocycles. The molecule has 4 fully saturated rings. The first-order valence-corrected chi connectivity index (χ1v) is 12.2. The first-order valence-electron chi connectivity index (χ1n) is 10.2. The van der Waals surface area contributed by atoms with E-state index >= 15 is 0 Å². The quantitative estimate of drug-likeness (QED) is 0.502. The summed E-state index contributed by atoms with van der Waals surface area (Å²) in [6, 6.07) is 0. The summed E-state index contributed by atoms with van der Waals surface area (Å²) in [4.78, 5) is 0.298. The van der Waals surface area contributed by atoms with Gasteiger partial charge in [0.25, 0.3) is 0 Å². The number of rotatable bonds is 0. The predicted molar refractivity (Wildman–Crippen MR) is 109 cm³/mol. The maximum atomic E-state index is 6.42. The van der Waals surface area contributed by atoms with Gasteiger partial charge in [-0.1, -0.05) is 27.7 Å². The van der Waals surface area contributed by atoms with Crippen molar-refractivity contribution < 1.29 is 9.47 Å². The molecule has 0 unspecified atom stereocenters. The third kappa shape index (κ3) is 3.93. The van der Waals surface area contributed by atoms with E-state index in [1.165, 1.54) is 62.9 Å². The van der Waals surface area contributed by atoms with E-state index < -0.39 is 0 Å². The molecule has 0 aromatic carbocycles. The fourth-order valence-corrected chi connectivity index (χ4v) is 7.62. The normalized spacial score (nSPS) is 35.0. The van der Waals surface area contributed by atoms with Gasteiger partial charge in [-0.3, -0.25) is 0 Å². The molecule has 25 heavy (non-hydrogen) atoms. The molecule has 0 aromatic rings. The number of hydrogen-bond acceptors (Lipinski definition) is 4. The van der Waals surface area contributed by atoms with Crippen molar-refractivity contribution in [1.29, 1.82) is 0 Å². The van der Waals surface area contributed by atoms with Gasteiger partial charge in [-0.25, -0.2) is 0 Å². The molecule has 2 aliphatic heterocycles. The summed E-state index contributed by atoms with van der Waals surface area (Å²) in [5, 5.41) is 0. The Kier molecular flexibility index (Phi) is 4.79. The third-order valence-electron chi connectivity index (χ3n) is 7.05. The zero-order chi connectivity index (χ0) is 17.8. The van der Waals surface area contributed by atoms with Crippen LogP contribution in [-0.4, -0.2) is 34.6 Å². The minimum atomic E-state index is 0.149. The Morgan fingerprint density at radius 2 is 0.920 bits per heavy atom. The van der Waals surface area contributed by atoms with Crippen LogP contribution in [0.15, 0.2) is 0 Å². The van der Waals surface area contributed by atoms with Crippen LogP contribution in [-0.2, 0) is 9.47 Å². The molecule has 4 rings (SSSR count). The van der Waals surface area contributed by atoms with E-state index in [0.717, 1.165) is 13.2 Å². The van der Waals surface area contributed by atoms with E-state index in [1.54, 1.807) is 0 Å². The van der Waals surface area contributed by atoms with Gasteiger partial charge in [0.2, 0.25) is 0 Å². The molecule has 144 valence electrons. The van der Waals surface area contributed by atoms with Crippen molar-refractivity contribution in [1.82, 2.24) is 0 Å². The van der Waals surface area contributed by atoms with Crippen molar-refractivity contribution in [3.8, 4) is 0 Å². The monoisotopic (exact) mass is 384 g/mol. The number of ether oxygens (including phenoxy) is 2. The van der Waals surface area contributed by atoms with Crippen molar-refractivity contribution in [2.24, 2.45) is 16.2 Å². The molecule has 4 aliphatic rings. The van der Waals surface area contributed by atoms with Crippen molar-refractivity contribution in [2.75, 3.05) is 24.7 Å². The average Bonchev–Trinajstić information content (AvgIpc) is 2.59. The number of thioether (sulfide) groups is 2. The van der Waals surface area contributed by atoms with Gasteiger partial charge < -0.3 is 9.47 Å². The van der Waals surface area contributed by atoms with Crippen LogP contribution in [0.3, 0.4) is 0 Å². The van der Waals surface area contributed by atoms with Crippen LogP contribution in [0.5, 0.6) is 0 Å². The molecule has 4 heteroatoms. The summed E-state index contributed by atoms with van der Waals surface area (Å²) in [7, 11) is 0. The molecule has 0 aromatic heterocycles. The Morgan fingerprint density at radius 1 is 0.560 bits per heavy atom. The topological polar surface area (TPSA) is 18.5 Å². The minimum Gasteiger partial charge on any atom is -0.364 e. The zero-order valence-corrected chi connectivity index (χ0v) is 18.3. The van der Waals surface area contributed by atoms with Crippen molar-refractivity contribution >= 4 is 23.5 Å². The fourth-order valence-electron chi connectivity index (χ4n) is 4.87. The van der Waals surface area contributed by atoms with Crippen LogP contribution >= 0.6 is 23.5 Å². The van der Waals surface area contributed by atoms with Crippen molar-refractivity contribution in [3.05, 3.63) is 0 Å². The molecule has 0 N–H and O–H groups in total. The van der Waals surface area contributed by atoms with Gasteiger partial charge in [-0.05, 0) is 67.6 Å². The van der Waals surface area contributed by atoms with Gasteiger partial charge in [0.1, 0.15) is 9.87 Å². The standard InChI is InChI=1S/C21H36O2S2/c1-17(2)13-22-20(24-15-17)9-5-19(6-10-20)7-11-21(12-8-19)23-14-18(3,4)16-25-21/h5-16H2,1-4H3. The van der Waals surface area contributed by atoms with Crippen molar-refractivity contribution in [2.45, 2.75) is 88.9 Å². The van der Waals surface area contributed by atoms with Gasteiger partial charge in [0.05, 0.1) is 13.2 Å². The van der Waals surface area contributed by atoms with E-state index in [4.69, 9.17) is 9.47 Å². The first-order chi connectivity index (χ1) is 11.7. The Bertz CT molecular complexity index is 425. The maximum Gasteiger partial charge on any atom is 0.113 e. The smallest absolute Gasteiger partial charge is 0.113 e. The van der Waals surface area contributed by atoms with E-state index in [0.29, 0.717) is 16.2 Å². The molecular formula is C21H36O2S2. The summed E-state index contributed by atoms with van der Waals surface area (Å²) in [5.74, 6) is 2.51. The molecule has 0 atom stereocenters. The second-order valence-corrected chi connectivity index (χ2v) is 13.4. The molecule has 0 bridgehead atoms. The van der Waals surface area contributed by atoms with Gasteiger partial charge in [-0.15, -0.1) is 23.5 Å². The maximum absolute atomic E-state index is 6.42. The molecule has 2 aliphatic carbocycles. The SMILES string of the molecule is CC1(C)COC2(CCC3(CC2)CCC2(CC3)OCC(C)(C)CS2)SC1. The Morgan fingerprint density at radius 3 is 1.20 bits per heavy atom. The summed E-state index contributed by atoms with van der Waals surface area (Å²) in [6.45, 7) is 11.2. The van der Waals surface area contributed by atoms with E-state index in [2.05, 4.69) is 51.2 Å². The first kappa shape index (κ1) is 19.0. The average molecular weight is 385 g/mol. The van der Waals surface area contributed by atoms with E-state index in [9.17, 15) is 0 Å². The van der Waals surface area contributed by atoms with Crippen LogP contribution < -0.4 is 0 Å². The lowest BCUT2D eigenvalue weighted by Gasteiger charge is -2.54. The lowest BCUT2D eigenvalue weighted by Crippen LogP contribution is -2.49. The highest BCUT2D eigenvalue weighted by molar-refractivity contribution is 8.00. The minimum absolute atomic E-state index is 0.149. The summed E-state index contributed by atoms with van der Waals surface area (Å²) < 4.78 is 12.8. The van der Waals surface area contributed by atoms with E-state index in [-0.39, 0.29) is 9.87 Å². The highest BCUT2D eigenvalue weighted by Gasteiger charge is 2.51.